The number of urea groups is 1. The number of benzene rings is 1. The van der Waals surface area contributed by atoms with E-state index in [1.54, 1.807) is 45.0 Å². The number of esters is 2. The molecule has 1 aliphatic heterocycles. The first kappa shape index (κ1) is 21.6. The minimum absolute atomic E-state index is 0.277. The molecule has 0 fully saturated rings. The number of hydrogen-bond donors (Lipinski definition) is 1. The van der Waals surface area contributed by atoms with Gasteiger partial charge in [-0.15, -0.1) is 11.3 Å². The number of carbonyl (C=O) groups is 3. The number of nitrogens with one attached hydrogen (secondary N) is 1. The molecule has 2 amide bonds. The average Bonchev–Trinajstić information content (AvgIpc) is 3.22. The van der Waals surface area contributed by atoms with E-state index >= 15 is 0 Å². The Morgan fingerprint density at radius 1 is 1.17 bits per heavy atom. The summed E-state index contributed by atoms with van der Waals surface area (Å²) < 4.78 is 10.3. The normalized spacial score (nSPS) is 16.5. The van der Waals surface area contributed by atoms with Crippen LogP contribution >= 0.6 is 11.3 Å². The van der Waals surface area contributed by atoms with Crippen molar-refractivity contribution in [2.45, 2.75) is 39.5 Å². The number of rotatable bonds is 6. The number of thiophene rings is 1. The molecule has 0 bridgehead atoms. The second-order valence-electron chi connectivity index (χ2n) is 7.08. The fraction of sp³-hybridized carbons (Fsp3) is 0.318. The Labute approximate surface area is 179 Å². The summed E-state index contributed by atoms with van der Waals surface area (Å²) in [5.74, 6) is -1.08. The van der Waals surface area contributed by atoms with Crippen LogP contribution in [0.5, 0.6) is 0 Å². The van der Waals surface area contributed by atoms with Gasteiger partial charge in [0.2, 0.25) is 0 Å². The zero-order valence-electron chi connectivity index (χ0n) is 17.3. The zero-order chi connectivity index (χ0) is 21.8. The molecule has 2 heterocycles. The average molecular weight is 429 g/mol. The first-order valence-electron chi connectivity index (χ1n) is 9.52. The highest BCUT2D eigenvalue weighted by Gasteiger charge is 2.38. The monoisotopic (exact) mass is 428 g/mol. The van der Waals surface area contributed by atoms with Gasteiger partial charge in [0.25, 0.3) is 0 Å². The second kappa shape index (κ2) is 9.13. The van der Waals surface area contributed by atoms with Gasteiger partial charge in [0.15, 0.2) is 0 Å². The molecule has 30 heavy (non-hydrogen) atoms. The van der Waals surface area contributed by atoms with Crippen molar-refractivity contribution in [1.82, 2.24) is 10.2 Å². The highest BCUT2D eigenvalue weighted by atomic mass is 32.1. The molecule has 158 valence electrons. The Kier molecular flexibility index (Phi) is 6.56. The van der Waals surface area contributed by atoms with Gasteiger partial charge in [-0.25, -0.2) is 14.4 Å². The third-order valence-corrected chi connectivity index (χ3v) is 5.59. The van der Waals surface area contributed by atoms with Gasteiger partial charge in [-0.2, -0.15) is 0 Å². The van der Waals surface area contributed by atoms with E-state index in [1.807, 2.05) is 17.5 Å². The largest absolute Gasteiger partial charge is 0.465 e. The van der Waals surface area contributed by atoms with E-state index in [4.69, 9.17) is 9.47 Å². The molecule has 8 heteroatoms. The van der Waals surface area contributed by atoms with Crippen molar-refractivity contribution in [3.63, 3.8) is 0 Å². The highest BCUT2D eigenvalue weighted by molar-refractivity contribution is 7.09. The predicted molar refractivity (Wildman–Crippen MR) is 113 cm³/mol. The van der Waals surface area contributed by atoms with Gasteiger partial charge in [0.1, 0.15) is 0 Å². The van der Waals surface area contributed by atoms with Crippen molar-refractivity contribution in [3.8, 4) is 0 Å². The molecule has 0 saturated carbocycles. The Morgan fingerprint density at radius 3 is 2.53 bits per heavy atom. The van der Waals surface area contributed by atoms with Crippen LogP contribution in [0.25, 0.3) is 0 Å². The first-order valence-corrected chi connectivity index (χ1v) is 10.4. The van der Waals surface area contributed by atoms with Crippen molar-refractivity contribution in [2.75, 3.05) is 7.11 Å². The number of allylic oxidation sites excluding steroid dienone is 1. The van der Waals surface area contributed by atoms with E-state index in [2.05, 4.69) is 5.32 Å². The molecular formula is C22H24N2O5S. The van der Waals surface area contributed by atoms with Crippen molar-refractivity contribution in [1.29, 1.82) is 0 Å². The van der Waals surface area contributed by atoms with Crippen LogP contribution in [0.15, 0.2) is 53.0 Å². The summed E-state index contributed by atoms with van der Waals surface area (Å²) in [6.45, 7) is 5.57. The lowest BCUT2D eigenvalue weighted by molar-refractivity contribution is -0.143. The van der Waals surface area contributed by atoms with E-state index in [1.165, 1.54) is 23.3 Å². The molecule has 0 aliphatic carbocycles. The summed E-state index contributed by atoms with van der Waals surface area (Å²) in [5, 5.41) is 4.80. The van der Waals surface area contributed by atoms with E-state index in [0.29, 0.717) is 17.8 Å². The van der Waals surface area contributed by atoms with Crippen molar-refractivity contribution < 1.29 is 23.9 Å². The minimum atomic E-state index is -0.835. The molecule has 7 nitrogen and oxygen atoms in total. The van der Waals surface area contributed by atoms with Gasteiger partial charge in [0, 0.05) is 10.6 Å². The molecule has 1 aliphatic rings. The van der Waals surface area contributed by atoms with Gasteiger partial charge in [0.05, 0.1) is 36.9 Å². The maximum atomic E-state index is 13.0. The number of carbonyl (C=O) groups excluding carboxylic acids is 3. The Hall–Kier alpha value is -3.13. The third-order valence-electron chi connectivity index (χ3n) is 4.73. The predicted octanol–water partition coefficient (Wildman–Crippen LogP) is 4.03. The molecule has 1 unspecified atom stereocenters. The second-order valence-corrected chi connectivity index (χ2v) is 8.11. The Morgan fingerprint density at radius 2 is 1.90 bits per heavy atom. The molecular weight excluding hydrogens is 404 g/mol. The summed E-state index contributed by atoms with van der Waals surface area (Å²) in [6.07, 6.45) is -0.335. The molecule has 1 aromatic heterocycles. The van der Waals surface area contributed by atoms with Crippen LogP contribution in [0.2, 0.25) is 0 Å². The van der Waals surface area contributed by atoms with Crippen molar-refractivity contribution >= 4 is 29.3 Å². The Balaban J connectivity index is 2.11. The summed E-state index contributed by atoms with van der Waals surface area (Å²) in [6, 6.07) is 9.39. The maximum absolute atomic E-state index is 13.0. The molecule has 3 rings (SSSR count). The van der Waals surface area contributed by atoms with Gasteiger partial charge in [-0.05, 0) is 43.8 Å². The van der Waals surface area contributed by atoms with Crippen LogP contribution in [0.3, 0.4) is 0 Å². The number of ether oxygens (including phenoxy) is 2. The molecule has 2 aromatic rings. The van der Waals surface area contributed by atoms with E-state index in [9.17, 15) is 14.4 Å². The fourth-order valence-corrected chi connectivity index (χ4v) is 4.04. The van der Waals surface area contributed by atoms with E-state index in [-0.39, 0.29) is 23.3 Å². The van der Waals surface area contributed by atoms with Gasteiger partial charge >= 0.3 is 18.0 Å². The zero-order valence-corrected chi connectivity index (χ0v) is 18.1. The van der Waals surface area contributed by atoms with E-state index < -0.39 is 18.0 Å². The summed E-state index contributed by atoms with van der Waals surface area (Å²) in [7, 11) is 1.29. The van der Waals surface area contributed by atoms with Gasteiger partial charge in [-0.3, -0.25) is 4.90 Å². The molecule has 0 spiro atoms. The van der Waals surface area contributed by atoms with Crippen molar-refractivity contribution in [2.24, 2.45) is 0 Å². The highest BCUT2D eigenvalue weighted by Crippen LogP contribution is 2.34. The molecule has 1 N–H and O–H groups in total. The van der Waals surface area contributed by atoms with Crippen LogP contribution in [-0.4, -0.2) is 36.1 Å². The topological polar surface area (TPSA) is 84.9 Å². The number of methoxy groups -OCH3 is 1. The van der Waals surface area contributed by atoms with Crippen LogP contribution in [0.1, 0.15) is 47.6 Å². The third kappa shape index (κ3) is 4.38. The summed E-state index contributed by atoms with van der Waals surface area (Å²) >= 11 is 1.53. The fourth-order valence-electron chi connectivity index (χ4n) is 3.35. The van der Waals surface area contributed by atoms with Crippen molar-refractivity contribution in [3.05, 3.63) is 69.1 Å². The SMILES string of the molecule is COC(=O)c1ccccc1C1NC(=O)N(Cc2cccs2)C(C)=C1C(=O)OC(C)C. The van der Waals surface area contributed by atoms with Crippen LogP contribution in [-0.2, 0) is 20.8 Å². The molecule has 1 atom stereocenters. The maximum Gasteiger partial charge on any atom is 0.338 e. The Bertz CT molecular complexity index is 981. The lowest BCUT2D eigenvalue weighted by Crippen LogP contribution is -2.48. The molecule has 1 aromatic carbocycles. The van der Waals surface area contributed by atoms with Gasteiger partial charge in [-0.1, -0.05) is 24.3 Å². The lowest BCUT2D eigenvalue weighted by Gasteiger charge is -2.36. The molecule has 0 radical (unpaired) electrons. The number of amides is 2. The lowest BCUT2D eigenvalue weighted by atomic mass is 9.91. The van der Waals surface area contributed by atoms with Crippen LogP contribution in [0.4, 0.5) is 4.79 Å². The van der Waals surface area contributed by atoms with Crippen LogP contribution in [0, 0.1) is 0 Å². The number of hydrogen-bond acceptors (Lipinski definition) is 6. The minimum Gasteiger partial charge on any atom is -0.465 e. The van der Waals surface area contributed by atoms with Crippen LogP contribution < -0.4 is 5.32 Å². The summed E-state index contributed by atoms with van der Waals surface area (Å²) in [5.41, 5.74) is 1.53. The first-order chi connectivity index (χ1) is 14.3. The molecule has 0 saturated heterocycles. The smallest absolute Gasteiger partial charge is 0.338 e. The van der Waals surface area contributed by atoms with E-state index in [0.717, 1.165) is 4.88 Å². The van der Waals surface area contributed by atoms with Gasteiger partial charge < -0.3 is 14.8 Å². The standard InChI is InChI=1S/C22H24N2O5S/c1-13(2)29-21(26)18-14(3)24(12-15-8-7-11-30-15)22(27)23-19(18)16-9-5-6-10-17(16)20(25)28-4/h5-11,13,19H,12H2,1-4H3,(H,23,27). The quantitative estimate of drug-likeness (QED) is 0.703. The summed E-state index contributed by atoms with van der Waals surface area (Å²) in [4.78, 5) is 40.8. The number of nitrogens with zero attached hydrogens (tertiary/aromatic N) is 1.